The Kier molecular flexibility index (Phi) is 5.39. The minimum absolute atomic E-state index is 0.0149. The third kappa shape index (κ3) is 4.21. The summed E-state index contributed by atoms with van der Waals surface area (Å²) >= 11 is 0. The first-order chi connectivity index (χ1) is 14.4. The Bertz CT molecular complexity index is 1100. The summed E-state index contributed by atoms with van der Waals surface area (Å²) in [6, 6.07) is -0.831. The van der Waals surface area contributed by atoms with Gasteiger partial charge in [-0.1, -0.05) is 0 Å². The Morgan fingerprint density at radius 2 is 1.94 bits per heavy atom. The van der Waals surface area contributed by atoms with Crippen LogP contribution in [-0.4, -0.2) is 65.1 Å². The largest absolute Gasteiger partial charge is 0.396 e. The Labute approximate surface area is 175 Å². The fourth-order valence-electron chi connectivity index (χ4n) is 3.95. The van der Waals surface area contributed by atoms with Crippen molar-refractivity contribution < 1.29 is 30.4 Å². The Hall–Kier alpha value is -2.02. The molecule has 1 N–H and O–H groups in total. The number of rotatable bonds is 5. The van der Waals surface area contributed by atoms with Gasteiger partial charge in [0.15, 0.2) is 5.82 Å². The molecule has 3 atom stereocenters. The van der Waals surface area contributed by atoms with Crippen LogP contribution in [0.2, 0.25) is 0 Å². The number of hydrogen-bond donors (Lipinski definition) is 1. The molecule has 2 aromatic rings. The number of fused-ring (bicyclic) bond motifs is 1. The predicted octanol–water partition coefficient (Wildman–Crippen LogP) is 3.20. The molecule has 4 rings (SSSR count). The first-order valence-corrected chi connectivity index (χ1v) is 11.7. The van der Waals surface area contributed by atoms with E-state index in [9.17, 15) is 30.4 Å². The van der Waals surface area contributed by atoms with Crippen LogP contribution in [0.5, 0.6) is 0 Å². The first-order valence-electron chi connectivity index (χ1n) is 9.87. The molecule has 13 heteroatoms. The van der Waals surface area contributed by atoms with Gasteiger partial charge in [-0.2, -0.15) is 17.5 Å². The molecule has 172 valence electrons. The van der Waals surface area contributed by atoms with Gasteiger partial charge >= 0.3 is 6.18 Å². The lowest BCUT2D eigenvalue weighted by molar-refractivity contribution is -0.147. The minimum atomic E-state index is -4.59. The lowest BCUT2D eigenvalue weighted by Crippen LogP contribution is -2.49. The number of hydrogen-bond acceptors (Lipinski definition) is 5. The third-order valence-electron chi connectivity index (χ3n) is 5.87. The summed E-state index contributed by atoms with van der Waals surface area (Å²) in [6.45, 7) is 0.694. The minimum Gasteiger partial charge on any atom is -0.347 e. The van der Waals surface area contributed by atoms with E-state index >= 15 is 0 Å². The van der Waals surface area contributed by atoms with Crippen LogP contribution in [0.3, 0.4) is 0 Å². The molecule has 0 amide bonds. The highest BCUT2D eigenvalue weighted by Gasteiger charge is 2.44. The van der Waals surface area contributed by atoms with Crippen molar-refractivity contribution in [1.29, 1.82) is 0 Å². The number of piperidine rings is 1. The molecule has 3 heterocycles. The van der Waals surface area contributed by atoms with Crippen LogP contribution < -0.4 is 5.32 Å². The summed E-state index contributed by atoms with van der Waals surface area (Å²) in [5, 5.41) is 6.78. The van der Waals surface area contributed by atoms with Gasteiger partial charge in [-0.25, -0.2) is 26.7 Å². The van der Waals surface area contributed by atoms with Crippen LogP contribution in [0.15, 0.2) is 6.20 Å². The van der Waals surface area contributed by atoms with Crippen LogP contribution in [0.4, 0.5) is 27.9 Å². The molecule has 2 fully saturated rings. The third-order valence-corrected chi connectivity index (χ3v) is 7.14. The van der Waals surface area contributed by atoms with Crippen molar-refractivity contribution in [3.05, 3.63) is 23.3 Å². The van der Waals surface area contributed by atoms with Gasteiger partial charge in [0.05, 0.1) is 30.1 Å². The van der Waals surface area contributed by atoms with Crippen LogP contribution in [0.1, 0.15) is 49.3 Å². The van der Waals surface area contributed by atoms with E-state index in [2.05, 4.69) is 15.4 Å². The second kappa shape index (κ2) is 7.54. The van der Waals surface area contributed by atoms with Crippen molar-refractivity contribution in [2.24, 2.45) is 0 Å². The normalized spacial score (nSPS) is 24.5. The maximum Gasteiger partial charge on any atom is 0.396 e. The van der Waals surface area contributed by atoms with Crippen LogP contribution >= 0.6 is 0 Å². The van der Waals surface area contributed by atoms with E-state index in [-0.39, 0.29) is 48.2 Å². The number of nitrogens with zero attached hydrogens (tertiary/aromatic N) is 4. The molecular formula is C18H22F5N5O2S. The fraction of sp³-hybridized carbons (Fsp3) is 0.667. The molecule has 1 saturated heterocycles. The molecule has 1 aliphatic heterocycles. The predicted molar refractivity (Wildman–Crippen MR) is 103 cm³/mol. The van der Waals surface area contributed by atoms with E-state index < -0.39 is 40.1 Å². The van der Waals surface area contributed by atoms with E-state index in [4.69, 9.17) is 0 Å². The zero-order valence-electron chi connectivity index (χ0n) is 16.8. The van der Waals surface area contributed by atoms with E-state index in [0.29, 0.717) is 12.8 Å². The highest BCUT2D eigenvalue weighted by Crippen LogP contribution is 2.48. The fourth-order valence-corrected chi connectivity index (χ4v) is 4.80. The average molecular weight is 467 g/mol. The SMILES string of the molecule is C[C@@H](c1c(C2CC2)c(F)c2cnc(N[C@@H]3CCN(S(C)(=O)=O)C[C@H]3F)nn12)C(F)(F)F. The van der Waals surface area contributed by atoms with E-state index in [1.54, 1.807) is 0 Å². The second-order valence-corrected chi connectivity index (χ2v) is 10.2. The molecule has 0 bridgehead atoms. The molecular weight excluding hydrogens is 445 g/mol. The smallest absolute Gasteiger partial charge is 0.347 e. The van der Waals surface area contributed by atoms with Gasteiger partial charge < -0.3 is 5.32 Å². The van der Waals surface area contributed by atoms with E-state index in [1.165, 1.54) is 0 Å². The lowest BCUT2D eigenvalue weighted by Gasteiger charge is -2.33. The highest BCUT2D eigenvalue weighted by atomic mass is 32.2. The number of nitrogens with one attached hydrogen (secondary N) is 1. The number of alkyl halides is 4. The number of anilines is 1. The zero-order valence-corrected chi connectivity index (χ0v) is 17.6. The highest BCUT2D eigenvalue weighted by molar-refractivity contribution is 7.88. The zero-order chi connectivity index (χ0) is 22.7. The molecule has 2 aromatic heterocycles. The summed E-state index contributed by atoms with van der Waals surface area (Å²) in [5.74, 6) is -3.14. The molecule has 7 nitrogen and oxygen atoms in total. The number of aromatic nitrogens is 3. The van der Waals surface area contributed by atoms with Crippen molar-refractivity contribution >= 4 is 21.5 Å². The maximum absolute atomic E-state index is 14.9. The molecule has 0 aromatic carbocycles. The summed E-state index contributed by atoms with van der Waals surface area (Å²) in [7, 11) is -3.54. The summed E-state index contributed by atoms with van der Waals surface area (Å²) in [4.78, 5) is 3.96. The Morgan fingerprint density at radius 3 is 2.48 bits per heavy atom. The van der Waals surface area contributed by atoms with Gasteiger partial charge in [-0.3, -0.25) is 0 Å². The van der Waals surface area contributed by atoms with Gasteiger partial charge in [0.2, 0.25) is 16.0 Å². The monoisotopic (exact) mass is 467 g/mol. The van der Waals surface area contributed by atoms with E-state index in [0.717, 1.165) is 28.2 Å². The van der Waals surface area contributed by atoms with Crippen molar-refractivity contribution in [3.8, 4) is 0 Å². The summed E-state index contributed by atoms with van der Waals surface area (Å²) in [5.41, 5.74) is -0.417. The molecule has 1 saturated carbocycles. The van der Waals surface area contributed by atoms with Gasteiger partial charge in [0.25, 0.3) is 0 Å². The Morgan fingerprint density at radius 1 is 1.26 bits per heavy atom. The molecule has 0 radical (unpaired) electrons. The first kappa shape index (κ1) is 22.2. The quantitative estimate of drug-likeness (QED) is 0.684. The molecule has 2 aliphatic rings. The second-order valence-electron chi connectivity index (χ2n) is 8.21. The standard InChI is InChI=1S/C18H22F5N5O2S/c1-9(18(21,22)23)16-14(10-3-4-10)15(20)13-7-24-17(26-28(13)16)25-12-5-6-27(8-11(12)19)31(2,29)30/h7,9-12H,3-6,8H2,1-2H3,(H,25,26)/t9-,11+,12+/m0/s1. The van der Waals surface area contributed by atoms with E-state index in [1.807, 2.05) is 0 Å². The van der Waals surface area contributed by atoms with Crippen LogP contribution in [0.25, 0.3) is 5.52 Å². The van der Waals surface area contributed by atoms with Crippen molar-refractivity contribution in [2.75, 3.05) is 24.7 Å². The average Bonchev–Trinajstić information content (AvgIpc) is 3.46. The lowest BCUT2D eigenvalue weighted by atomic mass is 10.0. The topological polar surface area (TPSA) is 79.6 Å². The van der Waals surface area contributed by atoms with Crippen LogP contribution in [-0.2, 0) is 10.0 Å². The summed E-state index contributed by atoms with van der Waals surface area (Å²) < 4.78 is 95.1. The molecule has 0 unspecified atom stereocenters. The van der Waals surface area contributed by atoms with Crippen molar-refractivity contribution in [3.63, 3.8) is 0 Å². The van der Waals surface area contributed by atoms with Crippen molar-refractivity contribution in [1.82, 2.24) is 18.9 Å². The maximum atomic E-state index is 14.9. The van der Waals surface area contributed by atoms with Crippen LogP contribution in [0, 0.1) is 5.82 Å². The van der Waals surface area contributed by atoms with Gasteiger partial charge in [-0.15, -0.1) is 5.10 Å². The molecule has 1 aliphatic carbocycles. The van der Waals surface area contributed by atoms with Gasteiger partial charge in [-0.05, 0) is 32.1 Å². The summed E-state index contributed by atoms with van der Waals surface area (Å²) in [6.07, 6.45) is -2.76. The number of sulfonamides is 1. The molecule has 31 heavy (non-hydrogen) atoms. The Balaban J connectivity index is 1.67. The van der Waals surface area contributed by atoms with Gasteiger partial charge in [0, 0.05) is 18.7 Å². The van der Waals surface area contributed by atoms with Gasteiger partial charge in [0.1, 0.15) is 11.7 Å². The number of halogens is 5. The molecule has 0 spiro atoms. The van der Waals surface area contributed by atoms with Crippen molar-refractivity contribution in [2.45, 2.75) is 56.4 Å².